The van der Waals surface area contributed by atoms with Gasteiger partial charge in [-0.3, -0.25) is 4.68 Å². The number of nitrogens with zero attached hydrogens (tertiary/aromatic N) is 2. The molecule has 3 N–H and O–H groups in total. The van der Waals surface area contributed by atoms with Crippen LogP contribution in [0.1, 0.15) is 38.2 Å². The first-order valence-corrected chi connectivity index (χ1v) is 6.10. The first-order valence-electron chi connectivity index (χ1n) is 6.10. The summed E-state index contributed by atoms with van der Waals surface area (Å²) in [5, 5.41) is 14.7. The molecule has 4 heteroatoms. The molecule has 0 aromatic carbocycles. The highest BCUT2D eigenvalue weighted by molar-refractivity contribution is 5.09. The Balaban J connectivity index is 1.97. The standard InChI is InChI=1S/C12H21N3O/c1-2-15-9-10(8-14-15)7-12(16)5-3-11(13)4-6-12/h8-9,11,16H,2-7,13H2,1H3. The van der Waals surface area contributed by atoms with Crippen molar-refractivity contribution < 1.29 is 5.11 Å². The largest absolute Gasteiger partial charge is 0.390 e. The maximum absolute atomic E-state index is 10.4. The number of aryl methyl sites for hydroxylation is 1. The second-order valence-electron chi connectivity index (χ2n) is 4.94. The minimum absolute atomic E-state index is 0.277. The number of hydrogen-bond donors (Lipinski definition) is 2. The normalized spacial score (nSPS) is 30.6. The molecular formula is C12H21N3O. The smallest absolute Gasteiger partial charge is 0.0690 e. The monoisotopic (exact) mass is 223 g/mol. The summed E-state index contributed by atoms with van der Waals surface area (Å²) in [5.74, 6) is 0. The molecule has 2 rings (SSSR count). The Hall–Kier alpha value is -0.870. The Morgan fingerprint density at radius 1 is 1.56 bits per heavy atom. The van der Waals surface area contributed by atoms with E-state index in [2.05, 4.69) is 12.0 Å². The van der Waals surface area contributed by atoms with Gasteiger partial charge >= 0.3 is 0 Å². The number of rotatable bonds is 3. The lowest BCUT2D eigenvalue weighted by Gasteiger charge is -2.34. The lowest BCUT2D eigenvalue weighted by molar-refractivity contribution is 0.000198. The summed E-state index contributed by atoms with van der Waals surface area (Å²) in [5.41, 5.74) is 6.41. The van der Waals surface area contributed by atoms with Gasteiger partial charge in [0.2, 0.25) is 0 Å². The van der Waals surface area contributed by atoms with Crippen LogP contribution in [-0.4, -0.2) is 26.5 Å². The summed E-state index contributed by atoms with van der Waals surface area (Å²) >= 11 is 0. The van der Waals surface area contributed by atoms with Gasteiger partial charge in [0, 0.05) is 25.2 Å². The molecule has 1 saturated carbocycles. The predicted molar refractivity (Wildman–Crippen MR) is 63.0 cm³/mol. The molecule has 0 aliphatic heterocycles. The second kappa shape index (κ2) is 4.55. The Labute approximate surface area is 96.5 Å². The van der Waals surface area contributed by atoms with E-state index in [9.17, 15) is 5.11 Å². The van der Waals surface area contributed by atoms with Crippen LogP contribution in [0.15, 0.2) is 12.4 Å². The highest BCUT2D eigenvalue weighted by Gasteiger charge is 2.32. The van der Waals surface area contributed by atoms with Crippen LogP contribution in [0.2, 0.25) is 0 Å². The van der Waals surface area contributed by atoms with Gasteiger partial charge in [-0.25, -0.2) is 0 Å². The molecule has 4 nitrogen and oxygen atoms in total. The van der Waals surface area contributed by atoms with Crippen LogP contribution < -0.4 is 5.73 Å². The van der Waals surface area contributed by atoms with Crippen molar-refractivity contribution in [2.45, 2.75) is 57.2 Å². The zero-order chi connectivity index (χ0) is 11.6. The van der Waals surface area contributed by atoms with Gasteiger partial charge in [0.15, 0.2) is 0 Å². The number of aliphatic hydroxyl groups is 1. The Morgan fingerprint density at radius 2 is 2.25 bits per heavy atom. The summed E-state index contributed by atoms with van der Waals surface area (Å²) in [4.78, 5) is 0. The molecule has 1 aliphatic carbocycles. The summed E-state index contributed by atoms with van der Waals surface area (Å²) in [6.07, 6.45) is 8.07. The minimum Gasteiger partial charge on any atom is -0.390 e. The van der Waals surface area contributed by atoms with Crippen LogP contribution >= 0.6 is 0 Å². The van der Waals surface area contributed by atoms with Crippen LogP contribution in [0, 0.1) is 0 Å². The van der Waals surface area contributed by atoms with Crippen molar-refractivity contribution in [3.63, 3.8) is 0 Å². The maximum Gasteiger partial charge on any atom is 0.0690 e. The fourth-order valence-corrected chi connectivity index (χ4v) is 2.40. The SMILES string of the molecule is CCn1cc(CC2(O)CCC(N)CC2)cn1. The lowest BCUT2D eigenvalue weighted by atomic mass is 9.79. The Morgan fingerprint density at radius 3 is 2.81 bits per heavy atom. The summed E-state index contributed by atoms with van der Waals surface area (Å²) in [7, 11) is 0. The third-order valence-corrected chi connectivity index (χ3v) is 3.50. The number of hydrogen-bond acceptors (Lipinski definition) is 3. The molecule has 0 amide bonds. The molecular weight excluding hydrogens is 202 g/mol. The molecule has 0 saturated heterocycles. The molecule has 0 atom stereocenters. The van der Waals surface area contributed by atoms with E-state index < -0.39 is 5.60 Å². The van der Waals surface area contributed by atoms with Crippen molar-refractivity contribution in [3.05, 3.63) is 18.0 Å². The quantitative estimate of drug-likeness (QED) is 0.806. The van der Waals surface area contributed by atoms with Gasteiger partial charge in [-0.15, -0.1) is 0 Å². The van der Waals surface area contributed by atoms with Crippen LogP contribution in [0.3, 0.4) is 0 Å². The third-order valence-electron chi connectivity index (χ3n) is 3.50. The fraction of sp³-hybridized carbons (Fsp3) is 0.750. The highest BCUT2D eigenvalue weighted by atomic mass is 16.3. The van der Waals surface area contributed by atoms with E-state index in [1.807, 2.05) is 17.1 Å². The average molecular weight is 223 g/mol. The topological polar surface area (TPSA) is 64.1 Å². The molecule has 1 heterocycles. The Kier molecular flexibility index (Phi) is 3.30. The predicted octanol–water partition coefficient (Wildman–Crippen LogP) is 1.08. The van der Waals surface area contributed by atoms with Crippen LogP contribution in [-0.2, 0) is 13.0 Å². The van der Waals surface area contributed by atoms with Gasteiger partial charge in [-0.1, -0.05) is 0 Å². The highest BCUT2D eigenvalue weighted by Crippen LogP contribution is 2.30. The molecule has 1 aliphatic rings. The van der Waals surface area contributed by atoms with E-state index in [0.29, 0.717) is 6.42 Å². The van der Waals surface area contributed by atoms with Gasteiger partial charge in [0.1, 0.15) is 0 Å². The van der Waals surface area contributed by atoms with Gasteiger partial charge < -0.3 is 10.8 Å². The summed E-state index contributed by atoms with van der Waals surface area (Å²) < 4.78 is 1.90. The zero-order valence-electron chi connectivity index (χ0n) is 9.89. The van der Waals surface area contributed by atoms with Crippen molar-refractivity contribution in [1.29, 1.82) is 0 Å². The van der Waals surface area contributed by atoms with Crippen molar-refractivity contribution >= 4 is 0 Å². The van der Waals surface area contributed by atoms with Crippen molar-refractivity contribution in [2.75, 3.05) is 0 Å². The summed E-state index contributed by atoms with van der Waals surface area (Å²) in [6.45, 7) is 2.94. The van der Waals surface area contributed by atoms with Crippen LogP contribution in [0.5, 0.6) is 0 Å². The molecule has 1 aromatic heterocycles. The lowest BCUT2D eigenvalue weighted by Crippen LogP contribution is -2.40. The number of aromatic nitrogens is 2. The van der Waals surface area contributed by atoms with Gasteiger partial charge in [0.25, 0.3) is 0 Å². The average Bonchev–Trinajstić information content (AvgIpc) is 2.70. The number of nitrogens with two attached hydrogens (primary N) is 1. The summed E-state index contributed by atoms with van der Waals surface area (Å²) in [6, 6.07) is 0.277. The molecule has 16 heavy (non-hydrogen) atoms. The van der Waals surface area contributed by atoms with Crippen molar-refractivity contribution in [2.24, 2.45) is 5.73 Å². The van der Waals surface area contributed by atoms with E-state index in [0.717, 1.165) is 37.8 Å². The van der Waals surface area contributed by atoms with Crippen LogP contribution in [0.4, 0.5) is 0 Å². The molecule has 0 radical (unpaired) electrons. The zero-order valence-corrected chi connectivity index (χ0v) is 9.89. The van der Waals surface area contributed by atoms with E-state index in [-0.39, 0.29) is 6.04 Å². The first-order chi connectivity index (χ1) is 7.61. The molecule has 0 bridgehead atoms. The van der Waals surface area contributed by atoms with Gasteiger partial charge in [-0.05, 0) is 38.2 Å². The minimum atomic E-state index is -0.558. The van der Waals surface area contributed by atoms with Gasteiger partial charge in [0.05, 0.1) is 11.8 Å². The molecule has 90 valence electrons. The fourth-order valence-electron chi connectivity index (χ4n) is 2.40. The van der Waals surface area contributed by atoms with Crippen LogP contribution in [0.25, 0.3) is 0 Å². The molecule has 0 unspecified atom stereocenters. The van der Waals surface area contributed by atoms with Gasteiger partial charge in [-0.2, -0.15) is 5.10 Å². The molecule has 0 spiro atoms. The molecule has 1 aromatic rings. The maximum atomic E-state index is 10.4. The third kappa shape index (κ3) is 2.62. The molecule has 1 fully saturated rings. The van der Waals surface area contributed by atoms with E-state index >= 15 is 0 Å². The second-order valence-corrected chi connectivity index (χ2v) is 4.94. The van der Waals surface area contributed by atoms with Crippen molar-refractivity contribution in [1.82, 2.24) is 9.78 Å². The van der Waals surface area contributed by atoms with E-state index in [1.165, 1.54) is 0 Å². The first kappa shape index (κ1) is 11.6. The van der Waals surface area contributed by atoms with E-state index in [4.69, 9.17) is 5.73 Å². The Bertz CT molecular complexity index is 340. The van der Waals surface area contributed by atoms with Crippen molar-refractivity contribution in [3.8, 4) is 0 Å². The van der Waals surface area contributed by atoms with E-state index in [1.54, 1.807) is 0 Å².